The lowest BCUT2D eigenvalue weighted by atomic mass is 9.68. The van der Waals surface area contributed by atoms with E-state index >= 15 is 0 Å². The molecule has 0 saturated heterocycles. The first-order valence-electron chi connectivity index (χ1n) is 12.4. The van der Waals surface area contributed by atoms with Gasteiger partial charge in [-0.3, -0.25) is 14.9 Å². The molecule has 1 aliphatic heterocycles. The van der Waals surface area contributed by atoms with E-state index in [4.69, 9.17) is 14.2 Å². The van der Waals surface area contributed by atoms with Crippen LogP contribution < -0.4 is 24.8 Å². The number of nitrogens with one attached hydrogen (secondary N) is 2. The number of benzene rings is 2. The topological polar surface area (TPSA) is 98.8 Å². The molecule has 0 fully saturated rings. The summed E-state index contributed by atoms with van der Waals surface area (Å²) >= 11 is 1.36. The van der Waals surface area contributed by atoms with Gasteiger partial charge < -0.3 is 19.5 Å². The Morgan fingerprint density at radius 1 is 1.11 bits per heavy atom. The van der Waals surface area contributed by atoms with Crippen LogP contribution in [0.25, 0.3) is 10.2 Å². The van der Waals surface area contributed by atoms with Gasteiger partial charge in [0.25, 0.3) is 5.91 Å². The number of methoxy groups -OCH3 is 3. The number of nitrogens with zero attached hydrogens (tertiary/aromatic N) is 1. The molecule has 0 spiro atoms. The average molecular weight is 534 g/mol. The minimum Gasteiger partial charge on any atom is -0.497 e. The quantitative estimate of drug-likeness (QED) is 0.428. The van der Waals surface area contributed by atoms with Crippen LogP contribution in [0.3, 0.4) is 0 Å². The Hall–Kier alpha value is -3.85. The fourth-order valence-corrected chi connectivity index (χ4v) is 6.33. The summed E-state index contributed by atoms with van der Waals surface area (Å²) in [4.78, 5) is 32.2. The lowest BCUT2D eigenvalue weighted by Gasteiger charge is -2.40. The zero-order valence-corrected chi connectivity index (χ0v) is 23.2. The highest BCUT2D eigenvalue weighted by Gasteiger charge is 2.44. The Bertz CT molecular complexity index is 1520. The molecule has 1 amide bonds. The Balaban J connectivity index is 1.61. The number of ether oxygens (including phenoxy) is 3. The van der Waals surface area contributed by atoms with Crippen LogP contribution in [-0.2, 0) is 9.59 Å². The lowest BCUT2D eigenvalue weighted by molar-refractivity contribution is -0.118. The summed E-state index contributed by atoms with van der Waals surface area (Å²) in [7, 11) is 4.74. The van der Waals surface area contributed by atoms with E-state index in [9.17, 15) is 9.59 Å². The molecule has 5 rings (SSSR count). The van der Waals surface area contributed by atoms with Crippen molar-refractivity contribution in [3.63, 3.8) is 0 Å². The molecule has 0 saturated carbocycles. The van der Waals surface area contributed by atoms with E-state index in [1.54, 1.807) is 27.4 Å². The zero-order chi connectivity index (χ0) is 27.2. The molecule has 2 aliphatic rings. The monoisotopic (exact) mass is 533 g/mol. The van der Waals surface area contributed by atoms with Gasteiger partial charge in [-0.15, -0.1) is 0 Å². The molecule has 0 unspecified atom stereocenters. The molecule has 3 aromatic rings. The SMILES string of the molecule is COc1ccc2nc(NC(=O)C3=C(C)NC4=C(C(=O)CC(C)(C)C4)[C@H]3c3cccc(OC)c3OC)sc2c1. The number of hydrogen-bond acceptors (Lipinski definition) is 8. The van der Waals surface area contributed by atoms with E-state index in [0.29, 0.717) is 51.9 Å². The number of para-hydroxylation sites is 1. The second-order valence-electron chi connectivity index (χ2n) is 10.3. The van der Waals surface area contributed by atoms with Crippen molar-refractivity contribution in [1.29, 1.82) is 0 Å². The van der Waals surface area contributed by atoms with Gasteiger partial charge in [-0.25, -0.2) is 4.98 Å². The highest BCUT2D eigenvalue weighted by molar-refractivity contribution is 7.22. The van der Waals surface area contributed by atoms with Crippen molar-refractivity contribution >= 4 is 38.4 Å². The lowest BCUT2D eigenvalue weighted by Crippen LogP contribution is -2.39. The van der Waals surface area contributed by atoms with Crippen molar-refractivity contribution in [3.05, 3.63) is 64.5 Å². The third-order valence-corrected chi connectivity index (χ3v) is 7.98. The Morgan fingerprint density at radius 3 is 2.61 bits per heavy atom. The van der Waals surface area contributed by atoms with Crippen LogP contribution in [0.2, 0.25) is 0 Å². The fraction of sp³-hybridized carbons (Fsp3) is 0.345. The molecule has 8 nitrogen and oxygen atoms in total. The van der Waals surface area contributed by atoms with Crippen molar-refractivity contribution in [2.24, 2.45) is 5.41 Å². The van der Waals surface area contributed by atoms with Gasteiger partial charge in [0.15, 0.2) is 22.4 Å². The number of aromatic nitrogens is 1. The highest BCUT2D eigenvalue weighted by atomic mass is 32.1. The van der Waals surface area contributed by atoms with Gasteiger partial charge in [-0.2, -0.15) is 0 Å². The molecule has 0 radical (unpaired) electrons. The predicted octanol–water partition coefficient (Wildman–Crippen LogP) is 5.56. The summed E-state index contributed by atoms with van der Waals surface area (Å²) in [6.07, 6.45) is 1.09. The second-order valence-corrected chi connectivity index (χ2v) is 11.4. The van der Waals surface area contributed by atoms with E-state index in [1.165, 1.54) is 11.3 Å². The van der Waals surface area contributed by atoms with Gasteiger partial charge in [0.05, 0.1) is 37.5 Å². The molecule has 2 aromatic carbocycles. The van der Waals surface area contributed by atoms with Gasteiger partial charge in [-0.05, 0) is 43.0 Å². The van der Waals surface area contributed by atoms with Crippen molar-refractivity contribution in [1.82, 2.24) is 10.3 Å². The number of ketones is 1. The number of allylic oxidation sites excluding steroid dienone is 3. The maximum absolute atomic E-state index is 14.0. The predicted molar refractivity (Wildman–Crippen MR) is 148 cm³/mol. The standard InChI is InChI=1S/C29H31N3O5S/c1-15-23(27(34)32-28-31-18-11-10-16(35-4)12-22(18)38-28)24(17-8-7-9-21(36-5)26(17)37-6)25-19(30-15)13-29(2,3)14-20(25)33/h7-12,24,30H,13-14H2,1-6H3,(H,31,32,34)/t24-/m0/s1. The van der Waals surface area contributed by atoms with Crippen LogP contribution in [-0.4, -0.2) is 38.0 Å². The van der Waals surface area contributed by atoms with Crippen molar-refractivity contribution in [3.8, 4) is 17.2 Å². The van der Waals surface area contributed by atoms with E-state index in [0.717, 1.165) is 21.7 Å². The molecule has 9 heteroatoms. The minimum atomic E-state index is -0.630. The molecule has 1 aromatic heterocycles. The third-order valence-electron chi connectivity index (χ3n) is 7.04. The molecule has 1 atom stereocenters. The van der Waals surface area contributed by atoms with Gasteiger partial charge in [0.1, 0.15) is 5.75 Å². The van der Waals surface area contributed by atoms with Gasteiger partial charge in [-0.1, -0.05) is 37.3 Å². The summed E-state index contributed by atoms with van der Waals surface area (Å²) in [5, 5.41) is 6.85. The van der Waals surface area contributed by atoms with E-state index in [1.807, 2.05) is 37.3 Å². The van der Waals surface area contributed by atoms with Crippen molar-refractivity contribution < 1.29 is 23.8 Å². The maximum Gasteiger partial charge on any atom is 0.256 e. The molecular weight excluding hydrogens is 502 g/mol. The Kier molecular flexibility index (Phi) is 6.65. The smallest absolute Gasteiger partial charge is 0.256 e. The minimum absolute atomic E-state index is 0.0171. The van der Waals surface area contributed by atoms with Crippen LogP contribution in [0.5, 0.6) is 17.2 Å². The van der Waals surface area contributed by atoms with E-state index in [2.05, 4.69) is 29.5 Å². The number of anilines is 1. The number of Topliss-reactive ketones (excluding diaryl/α,β-unsaturated/α-hetero) is 1. The summed E-state index contributed by atoms with van der Waals surface area (Å²) in [6, 6.07) is 11.1. The molecule has 2 heterocycles. The normalized spacial score (nSPS) is 18.7. The summed E-state index contributed by atoms with van der Waals surface area (Å²) in [5.41, 5.74) is 3.85. The second kappa shape index (κ2) is 9.79. The first kappa shape index (κ1) is 25.8. The van der Waals surface area contributed by atoms with Crippen LogP contribution in [0.4, 0.5) is 5.13 Å². The number of carbonyl (C=O) groups is 2. The van der Waals surface area contributed by atoms with E-state index in [-0.39, 0.29) is 17.1 Å². The van der Waals surface area contributed by atoms with Crippen molar-refractivity contribution in [2.45, 2.75) is 39.5 Å². The molecule has 198 valence electrons. The Labute approximate surface area is 225 Å². The van der Waals surface area contributed by atoms with Crippen LogP contribution >= 0.6 is 11.3 Å². The summed E-state index contributed by atoms with van der Waals surface area (Å²) in [6.45, 7) is 6.04. The molecule has 0 bridgehead atoms. The number of hydrogen-bond donors (Lipinski definition) is 2. The third kappa shape index (κ3) is 4.51. The largest absolute Gasteiger partial charge is 0.497 e. The van der Waals surface area contributed by atoms with E-state index < -0.39 is 5.92 Å². The highest BCUT2D eigenvalue weighted by Crippen LogP contribution is 2.50. The number of fused-ring (bicyclic) bond motifs is 1. The first-order valence-corrected chi connectivity index (χ1v) is 13.2. The molecule has 2 N–H and O–H groups in total. The summed E-state index contributed by atoms with van der Waals surface area (Å²) < 4.78 is 17.5. The van der Waals surface area contributed by atoms with Gasteiger partial charge >= 0.3 is 0 Å². The zero-order valence-electron chi connectivity index (χ0n) is 22.4. The maximum atomic E-state index is 14.0. The number of rotatable bonds is 6. The molecular formula is C29H31N3O5S. The van der Waals surface area contributed by atoms with Gasteiger partial charge in [0, 0.05) is 34.5 Å². The van der Waals surface area contributed by atoms with Crippen LogP contribution in [0.15, 0.2) is 58.9 Å². The average Bonchev–Trinajstić information content (AvgIpc) is 3.27. The van der Waals surface area contributed by atoms with Crippen LogP contribution in [0, 0.1) is 5.41 Å². The molecule has 1 aliphatic carbocycles. The number of carbonyl (C=O) groups excluding carboxylic acids is 2. The first-order chi connectivity index (χ1) is 18.2. The van der Waals surface area contributed by atoms with Crippen molar-refractivity contribution in [2.75, 3.05) is 26.6 Å². The summed E-state index contributed by atoms with van der Waals surface area (Å²) in [5.74, 6) is 0.804. The number of thiazole rings is 1. The number of dihydropyridines is 1. The fourth-order valence-electron chi connectivity index (χ4n) is 5.44. The Morgan fingerprint density at radius 2 is 1.89 bits per heavy atom. The number of amides is 1. The molecule has 38 heavy (non-hydrogen) atoms. The van der Waals surface area contributed by atoms with Crippen LogP contribution in [0.1, 0.15) is 45.1 Å². The van der Waals surface area contributed by atoms with Gasteiger partial charge in [0.2, 0.25) is 0 Å².